The van der Waals surface area contributed by atoms with Crippen LogP contribution in [-0.2, 0) is 11.3 Å². The molecule has 1 aromatic heterocycles. The van der Waals surface area contributed by atoms with Gasteiger partial charge in [-0.2, -0.15) is 0 Å². The number of hydrogen-bond donors (Lipinski definition) is 1. The molecule has 1 aliphatic heterocycles. The number of thiophene rings is 1. The molecule has 1 saturated heterocycles. The van der Waals surface area contributed by atoms with Crippen LogP contribution in [0.3, 0.4) is 0 Å². The fourth-order valence-electron chi connectivity index (χ4n) is 2.06. The molecule has 0 bridgehead atoms. The number of urea groups is 1. The summed E-state index contributed by atoms with van der Waals surface area (Å²) in [4.78, 5) is 26.0. The predicted molar refractivity (Wildman–Crippen MR) is 85.5 cm³/mol. The van der Waals surface area contributed by atoms with Gasteiger partial charge in [0, 0.05) is 10.4 Å². The molecule has 1 aromatic carbocycles. The summed E-state index contributed by atoms with van der Waals surface area (Å²) in [7, 11) is 0. The van der Waals surface area contributed by atoms with Crippen LogP contribution in [0, 0.1) is 5.82 Å². The number of imide groups is 1. The number of carbonyl (C=O) groups excluding carboxylic acids is 2. The molecule has 0 saturated carbocycles. The zero-order chi connectivity index (χ0) is 15.7. The Hall–Kier alpha value is -1.99. The first-order valence-electron chi connectivity index (χ1n) is 6.38. The van der Waals surface area contributed by atoms with E-state index in [2.05, 4.69) is 21.2 Å². The second-order valence-electron chi connectivity index (χ2n) is 4.61. The summed E-state index contributed by atoms with van der Waals surface area (Å²) in [5.41, 5.74) is 0.488. The highest BCUT2D eigenvalue weighted by Gasteiger charge is 2.34. The van der Waals surface area contributed by atoms with E-state index in [4.69, 9.17) is 0 Å². The highest BCUT2D eigenvalue weighted by Crippen LogP contribution is 2.25. The van der Waals surface area contributed by atoms with Crippen molar-refractivity contribution in [3.05, 3.63) is 62.1 Å². The minimum atomic E-state index is -0.546. The molecule has 7 heteroatoms. The molecule has 1 aliphatic rings. The van der Waals surface area contributed by atoms with Crippen LogP contribution in [0.5, 0.6) is 0 Å². The van der Waals surface area contributed by atoms with Crippen LogP contribution < -0.4 is 5.32 Å². The Labute approximate surface area is 138 Å². The fraction of sp³-hybridized carbons (Fsp3) is 0.0667. The van der Waals surface area contributed by atoms with Crippen LogP contribution >= 0.6 is 27.3 Å². The van der Waals surface area contributed by atoms with Crippen molar-refractivity contribution in [1.29, 1.82) is 0 Å². The van der Waals surface area contributed by atoms with E-state index in [1.165, 1.54) is 17.4 Å². The van der Waals surface area contributed by atoms with Crippen molar-refractivity contribution >= 4 is 45.3 Å². The fourth-order valence-corrected chi connectivity index (χ4v) is 3.43. The third-order valence-electron chi connectivity index (χ3n) is 3.13. The molecule has 0 aliphatic carbocycles. The molecule has 3 rings (SSSR count). The van der Waals surface area contributed by atoms with E-state index in [1.807, 2.05) is 12.1 Å². The van der Waals surface area contributed by atoms with Crippen LogP contribution in [0.15, 0.2) is 45.9 Å². The number of rotatable bonds is 3. The van der Waals surface area contributed by atoms with Gasteiger partial charge in [-0.25, -0.2) is 9.18 Å². The second-order valence-corrected chi connectivity index (χ2v) is 7.11. The number of nitrogens with one attached hydrogen (secondary N) is 1. The van der Waals surface area contributed by atoms with Crippen LogP contribution in [0.25, 0.3) is 6.08 Å². The van der Waals surface area contributed by atoms with Gasteiger partial charge in [-0.15, -0.1) is 11.3 Å². The van der Waals surface area contributed by atoms with Crippen molar-refractivity contribution in [1.82, 2.24) is 10.2 Å². The summed E-state index contributed by atoms with van der Waals surface area (Å²) >= 11 is 4.78. The molecule has 0 atom stereocenters. The Bertz CT molecular complexity index is 787. The van der Waals surface area contributed by atoms with Gasteiger partial charge in [0.25, 0.3) is 5.91 Å². The topological polar surface area (TPSA) is 49.4 Å². The molecule has 112 valence electrons. The molecule has 1 fully saturated rings. The average Bonchev–Trinajstić information content (AvgIpc) is 3.00. The first-order valence-corrected chi connectivity index (χ1v) is 7.99. The summed E-state index contributed by atoms with van der Waals surface area (Å²) < 4.78 is 14.6. The molecule has 3 amide bonds. The molecule has 1 N–H and O–H groups in total. The molecule has 0 spiro atoms. The van der Waals surface area contributed by atoms with Crippen LogP contribution in [0.1, 0.15) is 10.4 Å². The first kappa shape index (κ1) is 14.9. The normalized spacial score (nSPS) is 16.5. The van der Waals surface area contributed by atoms with Gasteiger partial charge >= 0.3 is 6.03 Å². The lowest BCUT2D eigenvalue weighted by molar-refractivity contribution is -0.123. The summed E-state index contributed by atoms with van der Waals surface area (Å²) in [5, 5.41) is 2.52. The van der Waals surface area contributed by atoms with Gasteiger partial charge < -0.3 is 5.32 Å². The largest absolute Gasteiger partial charge is 0.329 e. The van der Waals surface area contributed by atoms with Crippen molar-refractivity contribution in [3.63, 3.8) is 0 Å². The SMILES string of the molecule is O=C1N/C(=C\c2ccc(Br)s2)C(=O)N1Cc1ccccc1F. The zero-order valence-electron chi connectivity index (χ0n) is 11.2. The number of carbonyl (C=O) groups is 2. The van der Waals surface area contributed by atoms with Gasteiger partial charge in [-0.3, -0.25) is 9.69 Å². The lowest BCUT2D eigenvalue weighted by Gasteiger charge is -2.12. The number of hydrogen-bond acceptors (Lipinski definition) is 3. The predicted octanol–water partition coefficient (Wildman–Crippen LogP) is 3.74. The number of amides is 3. The highest BCUT2D eigenvalue weighted by atomic mass is 79.9. The maximum atomic E-state index is 13.7. The Kier molecular flexibility index (Phi) is 4.08. The van der Waals surface area contributed by atoms with Gasteiger partial charge in [-0.1, -0.05) is 18.2 Å². The van der Waals surface area contributed by atoms with E-state index in [1.54, 1.807) is 24.3 Å². The number of halogens is 2. The number of nitrogens with zero attached hydrogens (tertiary/aromatic N) is 1. The molecule has 0 unspecified atom stereocenters. The van der Waals surface area contributed by atoms with Gasteiger partial charge in [0.05, 0.1) is 10.3 Å². The Morgan fingerprint density at radius 3 is 2.68 bits per heavy atom. The maximum Gasteiger partial charge on any atom is 0.329 e. The molecule has 2 aromatic rings. The van der Waals surface area contributed by atoms with E-state index >= 15 is 0 Å². The maximum absolute atomic E-state index is 13.7. The van der Waals surface area contributed by atoms with E-state index < -0.39 is 17.8 Å². The molecule has 22 heavy (non-hydrogen) atoms. The Morgan fingerprint density at radius 1 is 1.23 bits per heavy atom. The standard InChI is InChI=1S/C15H10BrFN2O2S/c16-13-6-5-10(22-13)7-12-14(20)19(15(21)18-12)8-9-3-1-2-4-11(9)17/h1-7H,8H2,(H,18,21)/b12-7-. The van der Waals surface area contributed by atoms with E-state index in [-0.39, 0.29) is 12.2 Å². The summed E-state index contributed by atoms with van der Waals surface area (Å²) in [5.74, 6) is -0.902. The quantitative estimate of drug-likeness (QED) is 0.651. The number of benzene rings is 1. The minimum absolute atomic E-state index is 0.0944. The van der Waals surface area contributed by atoms with Gasteiger partial charge in [-0.05, 0) is 40.2 Å². The summed E-state index contributed by atoms with van der Waals surface area (Å²) in [6.45, 7) is -0.0944. The molecule has 4 nitrogen and oxygen atoms in total. The molecular formula is C15H10BrFN2O2S. The van der Waals surface area contributed by atoms with E-state index in [0.717, 1.165) is 13.6 Å². The summed E-state index contributed by atoms with van der Waals surface area (Å²) in [6, 6.07) is 9.22. The van der Waals surface area contributed by atoms with Gasteiger partial charge in [0.1, 0.15) is 11.5 Å². The van der Waals surface area contributed by atoms with Gasteiger partial charge in [0.2, 0.25) is 0 Å². The van der Waals surface area contributed by atoms with Crippen molar-refractivity contribution in [3.8, 4) is 0 Å². The average molecular weight is 381 g/mol. The molecular weight excluding hydrogens is 371 g/mol. The first-order chi connectivity index (χ1) is 10.5. The Balaban J connectivity index is 1.83. The summed E-state index contributed by atoms with van der Waals surface area (Å²) in [6.07, 6.45) is 1.61. The zero-order valence-corrected chi connectivity index (χ0v) is 13.6. The molecule has 2 heterocycles. The van der Waals surface area contributed by atoms with Crippen molar-refractivity contribution in [2.45, 2.75) is 6.54 Å². The Morgan fingerprint density at radius 2 is 2.00 bits per heavy atom. The third-order valence-corrected chi connectivity index (χ3v) is 4.70. The third kappa shape index (κ3) is 2.95. The highest BCUT2D eigenvalue weighted by molar-refractivity contribution is 9.11. The van der Waals surface area contributed by atoms with Crippen LogP contribution in [-0.4, -0.2) is 16.8 Å². The molecule has 0 radical (unpaired) electrons. The smallest absolute Gasteiger partial charge is 0.303 e. The van der Waals surface area contributed by atoms with Gasteiger partial charge in [0.15, 0.2) is 0 Å². The van der Waals surface area contributed by atoms with Crippen molar-refractivity contribution < 1.29 is 14.0 Å². The van der Waals surface area contributed by atoms with E-state index in [9.17, 15) is 14.0 Å². The van der Waals surface area contributed by atoms with E-state index in [0.29, 0.717) is 5.56 Å². The minimum Gasteiger partial charge on any atom is -0.303 e. The van der Waals surface area contributed by atoms with Crippen LogP contribution in [0.2, 0.25) is 0 Å². The monoisotopic (exact) mass is 380 g/mol. The second kappa shape index (κ2) is 6.02. The lowest BCUT2D eigenvalue weighted by atomic mass is 10.2. The van der Waals surface area contributed by atoms with Crippen molar-refractivity contribution in [2.75, 3.05) is 0 Å². The van der Waals surface area contributed by atoms with Crippen molar-refractivity contribution in [2.24, 2.45) is 0 Å². The lowest BCUT2D eigenvalue weighted by Crippen LogP contribution is -2.30. The van der Waals surface area contributed by atoms with Crippen LogP contribution in [0.4, 0.5) is 9.18 Å².